The van der Waals surface area contributed by atoms with Gasteiger partial charge >= 0.3 is 5.92 Å². The summed E-state index contributed by atoms with van der Waals surface area (Å²) >= 11 is 0. The molecule has 0 spiro atoms. The molecule has 0 bridgehead atoms. The van der Waals surface area contributed by atoms with E-state index in [9.17, 15) is 13.6 Å². The van der Waals surface area contributed by atoms with Gasteiger partial charge in [0.05, 0.1) is 0 Å². The van der Waals surface area contributed by atoms with Gasteiger partial charge in [0.15, 0.2) is 0 Å². The summed E-state index contributed by atoms with van der Waals surface area (Å²) in [6.07, 6.45) is 10.2. The summed E-state index contributed by atoms with van der Waals surface area (Å²) < 4.78 is 26.2. The number of carbonyl (C=O) groups is 1. The topological polar surface area (TPSA) is 17.1 Å². The average Bonchev–Trinajstić information content (AvgIpc) is 2.54. The van der Waals surface area contributed by atoms with Gasteiger partial charge in [0.25, 0.3) is 0 Å². The van der Waals surface area contributed by atoms with Crippen LogP contribution in [-0.2, 0) is 0 Å². The summed E-state index contributed by atoms with van der Waals surface area (Å²) in [4.78, 5) is 11.6. The summed E-state index contributed by atoms with van der Waals surface area (Å²) in [5.74, 6) is -3.01. The molecular formula is C20H28F2O. The predicted octanol–water partition coefficient (Wildman–Crippen LogP) is 6.38. The number of hydrogen-bond acceptors (Lipinski definition) is 1. The molecule has 3 heteroatoms. The zero-order chi connectivity index (χ0) is 16.9. The molecule has 0 amide bonds. The van der Waals surface area contributed by atoms with E-state index in [-0.39, 0.29) is 5.56 Å². The highest BCUT2D eigenvalue weighted by molar-refractivity contribution is 6.01. The SMILES string of the molecule is CCCCCC1CCC(c2ccc(C(=O)C(C)(F)F)cc2)CC1. The van der Waals surface area contributed by atoms with Crippen LogP contribution < -0.4 is 0 Å². The van der Waals surface area contributed by atoms with E-state index in [1.54, 1.807) is 12.1 Å². The first-order valence-electron chi connectivity index (χ1n) is 8.94. The summed E-state index contributed by atoms with van der Waals surface area (Å²) in [7, 11) is 0. The van der Waals surface area contributed by atoms with Crippen LogP contribution >= 0.6 is 0 Å². The second kappa shape index (κ2) is 8.03. The first kappa shape index (κ1) is 18.1. The molecule has 2 rings (SSSR count). The van der Waals surface area contributed by atoms with Gasteiger partial charge in [-0.2, -0.15) is 8.78 Å². The second-order valence-corrected chi connectivity index (χ2v) is 7.05. The van der Waals surface area contributed by atoms with Crippen molar-refractivity contribution < 1.29 is 13.6 Å². The number of alkyl halides is 2. The number of benzene rings is 1. The fraction of sp³-hybridized carbons (Fsp3) is 0.650. The van der Waals surface area contributed by atoms with Crippen molar-refractivity contribution in [1.82, 2.24) is 0 Å². The third kappa shape index (κ3) is 5.12. The van der Waals surface area contributed by atoms with Crippen LogP contribution in [-0.4, -0.2) is 11.7 Å². The second-order valence-electron chi connectivity index (χ2n) is 7.05. The number of hydrogen-bond donors (Lipinski definition) is 0. The van der Waals surface area contributed by atoms with Gasteiger partial charge in [0, 0.05) is 12.5 Å². The lowest BCUT2D eigenvalue weighted by Gasteiger charge is -2.29. The summed E-state index contributed by atoms with van der Waals surface area (Å²) in [5, 5.41) is 0. The number of carbonyl (C=O) groups excluding carboxylic acids is 1. The van der Waals surface area contributed by atoms with Crippen LogP contribution in [0.25, 0.3) is 0 Å². The van der Waals surface area contributed by atoms with Crippen molar-refractivity contribution in [1.29, 1.82) is 0 Å². The maximum Gasteiger partial charge on any atom is 0.307 e. The smallest absolute Gasteiger partial charge is 0.287 e. The Bertz CT molecular complexity index is 493. The largest absolute Gasteiger partial charge is 0.307 e. The van der Waals surface area contributed by atoms with Crippen molar-refractivity contribution in [3.05, 3.63) is 35.4 Å². The molecule has 1 nitrogen and oxygen atoms in total. The van der Waals surface area contributed by atoms with E-state index in [1.165, 1.54) is 56.9 Å². The molecular weight excluding hydrogens is 294 g/mol. The lowest BCUT2D eigenvalue weighted by Crippen LogP contribution is -2.24. The highest BCUT2D eigenvalue weighted by Crippen LogP contribution is 2.38. The predicted molar refractivity (Wildman–Crippen MR) is 90.2 cm³/mol. The molecule has 1 aromatic carbocycles. The summed E-state index contributed by atoms with van der Waals surface area (Å²) in [6.45, 7) is 2.89. The van der Waals surface area contributed by atoms with Crippen molar-refractivity contribution >= 4 is 5.78 Å². The lowest BCUT2D eigenvalue weighted by atomic mass is 9.77. The molecule has 0 atom stereocenters. The molecule has 0 aromatic heterocycles. The highest BCUT2D eigenvalue weighted by atomic mass is 19.3. The minimum Gasteiger partial charge on any atom is -0.287 e. The molecule has 1 aromatic rings. The van der Waals surface area contributed by atoms with E-state index < -0.39 is 11.7 Å². The minimum atomic E-state index is -3.29. The quantitative estimate of drug-likeness (QED) is 0.420. The molecule has 0 saturated heterocycles. The Morgan fingerprint density at radius 2 is 1.70 bits per heavy atom. The van der Waals surface area contributed by atoms with Crippen LogP contribution in [0.2, 0.25) is 0 Å². The Morgan fingerprint density at radius 1 is 1.09 bits per heavy atom. The fourth-order valence-electron chi connectivity index (χ4n) is 3.63. The molecule has 0 heterocycles. The zero-order valence-corrected chi connectivity index (χ0v) is 14.3. The normalized spacial score (nSPS) is 22.1. The molecule has 0 radical (unpaired) electrons. The Labute approximate surface area is 138 Å². The first-order valence-corrected chi connectivity index (χ1v) is 8.94. The van der Waals surface area contributed by atoms with Crippen LogP contribution in [0.1, 0.15) is 87.1 Å². The van der Waals surface area contributed by atoms with Gasteiger partial charge in [0.2, 0.25) is 5.78 Å². The summed E-state index contributed by atoms with van der Waals surface area (Å²) in [6, 6.07) is 6.84. The van der Waals surface area contributed by atoms with E-state index in [1.807, 2.05) is 12.1 Å². The standard InChI is InChI=1S/C20H28F2O/c1-3-4-5-6-15-7-9-16(10-8-15)17-11-13-18(14-12-17)19(23)20(2,21)22/h11-16H,3-10H2,1-2H3. The van der Waals surface area contributed by atoms with Crippen molar-refractivity contribution in [2.24, 2.45) is 5.92 Å². The Morgan fingerprint density at radius 3 is 2.22 bits per heavy atom. The molecule has 23 heavy (non-hydrogen) atoms. The van der Waals surface area contributed by atoms with E-state index in [0.29, 0.717) is 12.8 Å². The van der Waals surface area contributed by atoms with Crippen LogP contribution in [0.4, 0.5) is 8.78 Å². The van der Waals surface area contributed by atoms with Gasteiger partial charge in [0.1, 0.15) is 0 Å². The van der Waals surface area contributed by atoms with E-state index >= 15 is 0 Å². The fourth-order valence-corrected chi connectivity index (χ4v) is 3.63. The maximum atomic E-state index is 13.1. The van der Waals surface area contributed by atoms with Gasteiger partial charge in [-0.1, -0.05) is 56.9 Å². The van der Waals surface area contributed by atoms with E-state index in [4.69, 9.17) is 0 Å². The average molecular weight is 322 g/mol. The van der Waals surface area contributed by atoms with Gasteiger partial charge in [-0.3, -0.25) is 4.79 Å². The minimum absolute atomic E-state index is 0.106. The number of rotatable bonds is 7. The molecule has 0 aliphatic heterocycles. The Hall–Kier alpha value is -1.25. The van der Waals surface area contributed by atoms with Gasteiger partial charge in [-0.25, -0.2) is 0 Å². The number of Topliss-reactive ketones (excluding diaryl/α,β-unsaturated/α-hetero) is 1. The first-order chi connectivity index (χ1) is 10.9. The van der Waals surface area contributed by atoms with Crippen molar-refractivity contribution in [3.63, 3.8) is 0 Å². The number of ketones is 1. The molecule has 0 unspecified atom stereocenters. The Kier molecular flexibility index (Phi) is 6.32. The van der Waals surface area contributed by atoms with Crippen molar-refractivity contribution in [2.75, 3.05) is 0 Å². The third-order valence-corrected chi connectivity index (χ3v) is 5.11. The molecule has 1 fully saturated rings. The molecule has 0 N–H and O–H groups in total. The third-order valence-electron chi connectivity index (χ3n) is 5.11. The van der Waals surface area contributed by atoms with E-state index in [2.05, 4.69) is 6.92 Å². The lowest BCUT2D eigenvalue weighted by molar-refractivity contribution is 0.0221. The van der Waals surface area contributed by atoms with Crippen LogP contribution in [0, 0.1) is 5.92 Å². The molecule has 1 saturated carbocycles. The van der Waals surface area contributed by atoms with Gasteiger partial charge in [-0.05, 0) is 43.1 Å². The number of halogens is 2. The van der Waals surface area contributed by atoms with Crippen molar-refractivity contribution in [2.45, 2.75) is 77.1 Å². The van der Waals surface area contributed by atoms with Gasteiger partial charge in [-0.15, -0.1) is 0 Å². The maximum absolute atomic E-state index is 13.1. The molecule has 128 valence electrons. The van der Waals surface area contributed by atoms with Crippen molar-refractivity contribution in [3.8, 4) is 0 Å². The summed E-state index contributed by atoms with van der Waals surface area (Å²) in [5.41, 5.74) is 1.29. The van der Waals surface area contributed by atoms with E-state index in [0.717, 1.165) is 5.92 Å². The highest BCUT2D eigenvalue weighted by Gasteiger charge is 2.33. The monoisotopic (exact) mass is 322 g/mol. The molecule has 1 aliphatic carbocycles. The van der Waals surface area contributed by atoms with Gasteiger partial charge < -0.3 is 0 Å². The van der Waals surface area contributed by atoms with Crippen LogP contribution in [0.15, 0.2) is 24.3 Å². The number of unbranched alkanes of at least 4 members (excludes halogenated alkanes) is 2. The molecule has 1 aliphatic rings. The zero-order valence-electron chi connectivity index (χ0n) is 14.3. The Balaban J connectivity index is 1.88. The van der Waals surface area contributed by atoms with Crippen LogP contribution in [0.3, 0.4) is 0 Å². The van der Waals surface area contributed by atoms with Crippen LogP contribution in [0.5, 0.6) is 0 Å².